The number of carboxylic acid groups (broad SMARTS) is 1. The Morgan fingerprint density at radius 2 is 2.26 bits per heavy atom. The average Bonchev–Trinajstić information content (AvgIpc) is 3.04. The number of amides is 2. The summed E-state index contributed by atoms with van der Waals surface area (Å²) in [6, 6.07) is 1.64. The molecule has 2 N–H and O–H groups in total. The van der Waals surface area contributed by atoms with E-state index in [1.165, 1.54) is 0 Å². The van der Waals surface area contributed by atoms with Crippen LogP contribution in [0.25, 0.3) is 0 Å². The molecule has 128 valence electrons. The molecular weight excluding hydrogens is 300 g/mol. The van der Waals surface area contributed by atoms with Gasteiger partial charge in [-0.1, -0.05) is 25.9 Å². The molecule has 0 spiro atoms. The van der Waals surface area contributed by atoms with Gasteiger partial charge in [-0.25, -0.2) is 9.80 Å². The molecule has 1 aromatic heterocycles. The van der Waals surface area contributed by atoms with Crippen LogP contribution in [0.1, 0.15) is 44.6 Å². The first-order chi connectivity index (χ1) is 10.7. The number of nitrogens with zero attached hydrogens (tertiary/aromatic N) is 3. The van der Waals surface area contributed by atoms with E-state index >= 15 is 0 Å². The van der Waals surface area contributed by atoms with Crippen molar-refractivity contribution in [1.82, 2.24) is 20.5 Å². The minimum absolute atomic E-state index is 0.0735. The average molecular weight is 324 g/mol. The van der Waals surface area contributed by atoms with Crippen LogP contribution < -0.4 is 5.32 Å². The Balaban J connectivity index is 2.15. The molecule has 8 heteroatoms. The lowest BCUT2D eigenvalue weighted by molar-refractivity contribution is -0.137. The lowest BCUT2D eigenvalue weighted by Crippen LogP contribution is -2.44. The van der Waals surface area contributed by atoms with E-state index < -0.39 is 5.97 Å². The normalized spacial score (nSPS) is 16.7. The minimum Gasteiger partial charge on any atom is -0.481 e. The van der Waals surface area contributed by atoms with Gasteiger partial charge in [-0.15, -0.1) is 0 Å². The van der Waals surface area contributed by atoms with Crippen molar-refractivity contribution in [2.75, 3.05) is 26.7 Å². The lowest BCUT2D eigenvalue weighted by atomic mass is 9.91. The molecule has 1 aliphatic rings. The molecule has 2 heterocycles. The summed E-state index contributed by atoms with van der Waals surface area (Å²) in [5.74, 6) is -0.551. The maximum absolute atomic E-state index is 11.7. The van der Waals surface area contributed by atoms with Gasteiger partial charge < -0.3 is 14.9 Å². The number of hydrogen-bond donors (Lipinski definition) is 2. The molecule has 2 rings (SSSR count). The molecule has 1 atom stereocenters. The molecule has 1 aliphatic heterocycles. The Labute approximate surface area is 135 Å². The number of aliphatic carboxylic acids is 1. The smallest absolute Gasteiger partial charge is 0.332 e. The van der Waals surface area contributed by atoms with E-state index in [4.69, 9.17) is 4.52 Å². The molecule has 2 amide bonds. The topological polar surface area (TPSA) is 98.9 Å². The third-order valence-electron chi connectivity index (χ3n) is 3.84. The van der Waals surface area contributed by atoms with Crippen molar-refractivity contribution in [1.29, 1.82) is 0 Å². The third kappa shape index (κ3) is 4.22. The number of hydrazine groups is 1. The van der Waals surface area contributed by atoms with E-state index in [1.807, 2.05) is 26.8 Å². The van der Waals surface area contributed by atoms with Gasteiger partial charge in [0.1, 0.15) is 5.76 Å². The van der Waals surface area contributed by atoms with Gasteiger partial charge in [0.25, 0.3) is 0 Å². The van der Waals surface area contributed by atoms with Gasteiger partial charge in [0.15, 0.2) is 0 Å². The maximum atomic E-state index is 11.7. The van der Waals surface area contributed by atoms with Crippen LogP contribution in [-0.4, -0.2) is 59.0 Å². The predicted octanol–water partition coefficient (Wildman–Crippen LogP) is 1.40. The largest absolute Gasteiger partial charge is 0.481 e. The Hall–Kier alpha value is -2.09. The number of carboxylic acids is 1. The molecule has 0 aromatic carbocycles. The van der Waals surface area contributed by atoms with Crippen molar-refractivity contribution in [2.24, 2.45) is 0 Å². The third-order valence-corrected chi connectivity index (χ3v) is 3.84. The summed E-state index contributed by atoms with van der Waals surface area (Å²) >= 11 is 0. The molecule has 23 heavy (non-hydrogen) atoms. The second-order valence-corrected chi connectivity index (χ2v) is 6.86. The highest BCUT2D eigenvalue weighted by atomic mass is 16.5. The predicted molar refractivity (Wildman–Crippen MR) is 82.9 cm³/mol. The van der Waals surface area contributed by atoms with Crippen molar-refractivity contribution in [3.63, 3.8) is 0 Å². The van der Waals surface area contributed by atoms with Gasteiger partial charge in [0, 0.05) is 37.5 Å². The quantitative estimate of drug-likeness (QED) is 0.821. The highest BCUT2D eigenvalue weighted by molar-refractivity contribution is 5.75. The van der Waals surface area contributed by atoms with Crippen molar-refractivity contribution in [3.05, 3.63) is 17.5 Å². The molecular formula is C15H24N4O4. The number of carbonyl (C=O) groups excluding carboxylic acids is 1. The van der Waals surface area contributed by atoms with Gasteiger partial charge >= 0.3 is 12.0 Å². The fraction of sp³-hybridized carbons (Fsp3) is 0.667. The van der Waals surface area contributed by atoms with Crippen LogP contribution in [0.3, 0.4) is 0 Å². The molecule has 1 aromatic rings. The van der Waals surface area contributed by atoms with Crippen LogP contribution in [0.5, 0.6) is 0 Å². The summed E-state index contributed by atoms with van der Waals surface area (Å²) in [6.45, 7) is 7.54. The van der Waals surface area contributed by atoms with Crippen LogP contribution in [0, 0.1) is 0 Å². The Morgan fingerprint density at radius 1 is 1.57 bits per heavy atom. The van der Waals surface area contributed by atoms with E-state index in [0.717, 1.165) is 0 Å². The number of hydrogen-bond acceptors (Lipinski definition) is 5. The fourth-order valence-corrected chi connectivity index (χ4v) is 2.51. The summed E-state index contributed by atoms with van der Waals surface area (Å²) in [6.07, 6.45) is -0.0735. The Bertz CT molecular complexity index is 578. The monoisotopic (exact) mass is 324 g/mol. The van der Waals surface area contributed by atoms with E-state index in [0.29, 0.717) is 31.1 Å². The van der Waals surface area contributed by atoms with Gasteiger partial charge in [0.05, 0.1) is 18.7 Å². The first-order valence-corrected chi connectivity index (χ1v) is 7.64. The molecule has 0 aliphatic carbocycles. The Kier molecular flexibility index (Phi) is 4.93. The van der Waals surface area contributed by atoms with Crippen molar-refractivity contribution in [2.45, 2.75) is 38.5 Å². The number of carbonyl (C=O) groups is 2. The van der Waals surface area contributed by atoms with E-state index in [1.54, 1.807) is 17.1 Å². The summed E-state index contributed by atoms with van der Waals surface area (Å²) in [4.78, 5) is 22.9. The standard InChI is InChI=1S/C15H24N4O4/c1-15(2,3)12-8-11(17-23-12)10(7-13(20)21)9-18(4)19-6-5-16-14(19)22/h8,10H,5-7,9H2,1-4H3,(H,16,22)(H,20,21). The fourth-order valence-electron chi connectivity index (χ4n) is 2.51. The molecule has 0 bridgehead atoms. The molecule has 8 nitrogen and oxygen atoms in total. The Morgan fingerprint density at radius 3 is 2.74 bits per heavy atom. The number of urea groups is 1. The number of rotatable bonds is 6. The molecule has 1 unspecified atom stereocenters. The summed E-state index contributed by atoms with van der Waals surface area (Å²) in [7, 11) is 1.77. The van der Waals surface area contributed by atoms with Crippen molar-refractivity contribution >= 4 is 12.0 Å². The zero-order chi connectivity index (χ0) is 17.2. The first-order valence-electron chi connectivity index (χ1n) is 7.64. The van der Waals surface area contributed by atoms with E-state index in [9.17, 15) is 14.7 Å². The summed E-state index contributed by atoms with van der Waals surface area (Å²) in [5, 5.41) is 19.3. The molecule has 1 fully saturated rings. The zero-order valence-corrected chi connectivity index (χ0v) is 14.0. The van der Waals surface area contributed by atoms with Crippen LogP contribution in [-0.2, 0) is 10.2 Å². The number of nitrogens with one attached hydrogen (secondary N) is 1. The van der Waals surface area contributed by atoms with Gasteiger partial charge in [0.2, 0.25) is 0 Å². The van der Waals surface area contributed by atoms with Crippen LogP contribution in [0.2, 0.25) is 0 Å². The second kappa shape index (κ2) is 6.57. The van der Waals surface area contributed by atoms with Gasteiger partial charge in [-0.3, -0.25) is 9.80 Å². The van der Waals surface area contributed by atoms with Crippen LogP contribution >= 0.6 is 0 Å². The molecule has 0 saturated carbocycles. The molecule has 0 radical (unpaired) electrons. The van der Waals surface area contributed by atoms with Crippen LogP contribution in [0.4, 0.5) is 4.79 Å². The lowest BCUT2D eigenvalue weighted by Gasteiger charge is -2.29. The number of likely N-dealkylation sites (N-methyl/N-ethyl adjacent to an activating group) is 1. The highest BCUT2D eigenvalue weighted by Gasteiger charge is 2.29. The number of aromatic nitrogens is 1. The highest BCUT2D eigenvalue weighted by Crippen LogP contribution is 2.27. The molecule has 1 saturated heterocycles. The summed E-state index contributed by atoms with van der Waals surface area (Å²) < 4.78 is 5.37. The van der Waals surface area contributed by atoms with Crippen LogP contribution in [0.15, 0.2) is 10.6 Å². The second-order valence-electron chi connectivity index (χ2n) is 6.86. The SMILES string of the molecule is CN(CC(CC(=O)O)c1cc(C(C)(C)C)on1)N1CCNC1=O. The van der Waals surface area contributed by atoms with E-state index in [2.05, 4.69) is 10.5 Å². The maximum Gasteiger partial charge on any atom is 0.332 e. The summed E-state index contributed by atoms with van der Waals surface area (Å²) in [5.41, 5.74) is 0.406. The zero-order valence-electron chi connectivity index (χ0n) is 14.0. The van der Waals surface area contributed by atoms with Crippen molar-refractivity contribution < 1.29 is 19.2 Å². The van der Waals surface area contributed by atoms with Gasteiger partial charge in [-0.2, -0.15) is 0 Å². The van der Waals surface area contributed by atoms with E-state index in [-0.39, 0.29) is 23.8 Å². The van der Waals surface area contributed by atoms with Crippen molar-refractivity contribution in [3.8, 4) is 0 Å². The van der Waals surface area contributed by atoms with Gasteiger partial charge in [-0.05, 0) is 0 Å². The minimum atomic E-state index is -0.908. The first kappa shape index (κ1) is 17.3.